The SMILES string of the molecule is N#Cc1cccc(C(=O)Nc2cccnc2N2CCCC2)c1. The lowest BCUT2D eigenvalue weighted by atomic mass is 10.1. The molecule has 5 heteroatoms. The average molecular weight is 292 g/mol. The van der Waals surface area contributed by atoms with E-state index in [1.807, 2.05) is 12.1 Å². The van der Waals surface area contributed by atoms with E-state index in [4.69, 9.17) is 5.26 Å². The van der Waals surface area contributed by atoms with Crippen LogP contribution in [0.2, 0.25) is 0 Å². The highest BCUT2D eigenvalue weighted by atomic mass is 16.1. The second kappa shape index (κ2) is 6.27. The van der Waals surface area contributed by atoms with Gasteiger partial charge in [0.25, 0.3) is 5.91 Å². The quantitative estimate of drug-likeness (QED) is 0.944. The van der Waals surface area contributed by atoms with Gasteiger partial charge in [-0.15, -0.1) is 0 Å². The zero-order valence-electron chi connectivity index (χ0n) is 12.1. The van der Waals surface area contributed by atoms with E-state index in [9.17, 15) is 4.79 Å². The number of nitrogens with zero attached hydrogens (tertiary/aromatic N) is 3. The molecule has 1 aromatic heterocycles. The van der Waals surface area contributed by atoms with Crippen LogP contribution in [-0.4, -0.2) is 24.0 Å². The third-order valence-corrected chi connectivity index (χ3v) is 3.69. The molecule has 0 saturated carbocycles. The van der Waals surface area contributed by atoms with E-state index in [1.165, 1.54) is 0 Å². The third-order valence-electron chi connectivity index (χ3n) is 3.69. The summed E-state index contributed by atoms with van der Waals surface area (Å²) in [6, 6.07) is 12.4. The van der Waals surface area contributed by atoms with Gasteiger partial charge in [-0.1, -0.05) is 6.07 Å². The summed E-state index contributed by atoms with van der Waals surface area (Å²) >= 11 is 0. The normalized spacial score (nSPS) is 13.7. The fourth-order valence-corrected chi connectivity index (χ4v) is 2.60. The van der Waals surface area contributed by atoms with Gasteiger partial charge in [0.2, 0.25) is 0 Å². The van der Waals surface area contributed by atoms with E-state index in [1.54, 1.807) is 36.5 Å². The second-order valence-corrected chi connectivity index (χ2v) is 5.22. The summed E-state index contributed by atoms with van der Waals surface area (Å²) in [6.45, 7) is 1.92. The van der Waals surface area contributed by atoms with Crippen LogP contribution >= 0.6 is 0 Å². The molecule has 0 radical (unpaired) electrons. The highest BCUT2D eigenvalue weighted by Crippen LogP contribution is 2.26. The van der Waals surface area contributed by atoms with Crippen LogP contribution < -0.4 is 10.2 Å². The summed E-state index contributed by atoms with van der Waals surface area (Å²) < 4.78 is 0. The fourth-order valence-electron chi connectivity index (χ4n) is 2.60. The number of hydrogen-bond acceptors (Lipinski definition) is 4. The van der Waals surface area contributed by atoms with Crippen LogP contribution in [0.1, 0.15) is 28.8 Å². The predicted molar refractivity (Wildman–Crippen MR) is 84.8 cm³/mol. The molecule has 22 heavy (non-hydrogen) atoms. The number of aromatic nitrogens is 1. The molecule has 1 N–H and O–H groups in total. The van der Waals surface area contributed by atoms with Crippen LogP contribution in [0.15, 0.2) is 42.6 Å². The van der Waals surface area contributed by atoms with Crippen molar-refractivity contribution < 1.29 is 4.79 Å². The van der Waals surface area contributed by atoms with Gasteiger partial charge in [-0.2, -0.15) is 5.26 Å². The molecule has 1 saturated heterocycles. The lowest BCUT2D eigenvalue weighted by Crippen LogP contribution is -2.22. The molecule has 2 aromatic rings. The minimum absolute atomic E-state index is 0.231. The van der Waals surface area contributed by atoms with E-state index in [-0.39, 0.29) is 5.91 Å². The van der Waals surface area contributed by atoms with E-state index >= 15 is 0 Å². The van der Waals surface area contributed by atoms with E-state index in [2.05, 4.69) is 15.2 Å². The van der Waals surface area contributed by atoms with Crippen LogP contribution in [0.25, 0.3) is 0 Å². The maximum atomic E-state index is 12.4. The van der Waals surface area contributed by atoms with Gasteiger partial charge in [0.05, 0.1) is 17.3 Å². The molecular formula is C17H16N4O. The number of nitrogens with one attached hydrogen (secondary N) is 1. The predicted octanol–water partition coefficient (Wildman–Crippen LogP) is 2.81. The van der Waals surface area contributed by atoms with Gasteiger partial charge in [-0.25, -0.2) is 4.98 Å². The van der Waals surface area contributed by atoms with Crippen molar-refractivity contribution in [2.75, 3.05) is 23.3 Å². The van der Waals surface area contributed by atoms with Gasteiger partial charge in [-0.3, -0.25) is 4.79 Å². The summed E-state index contributed by atoms with van der Waals surface area (Å²) in [5.74, 6) is 0.579. The molecule has 0 unspecified atom stereocenters. The van der Waals surface area contributed by atoms with Crippen LogP contribution in [0.3, 0.4) is 0 Å². The number of carbonyl (C=O) groups excluding carboxylic acids is 1. The standard InChI is InChI=1S/C17H16N4O/c18-12-13-5-3-6-14(11-13)17(22)20-15-7-4-8-19-16(15)21-9-1-2-10-21/h3-8,11H,1-2,9-10H2,(H,20,22). The number of nitriles is 1. The number of amides is 1. The average Bonchev–Trinajstić information content (AvgIpc) is 3.09. The summed E-state index contributed by atoms with van der Waals surface area (Å²) in [5.41, 5.74) is 1.64. The van der Waals surface area contributed by atoms with Crippen molar-refractivity contribution in [3.63, 3.8) is 0 Å². The number of carbonyl (C=O) groups is 1. The zero-order chi connectivity index (χ0) is 15.4. The Kier molecular flexibility index (Phi) is 4.01. The molecule has 5 nitrogen and oxygen atoms in total. The maximum Gasteiger partial charge on any atom is 0.255 e. The molecule has 0 aliphatic carbocycles. The highest BCUT2D eigenvalue weighted by molar-refractivity contribution is 6.05. The van der Waals surface area contributed by atoms with Gasteiger partial charge in [0, 0.05) is 24.8 Å². The number of pyridine rings is 1. The van der Waals surface area contributed by atoms with Crippen molar-refractivity contribution in [3.8, 4) is 6.07 Å². The lowest BCUT2D eigenvalue weighted by molar-refractivity contribution is 0.102. The maximum absolute atomic E-state index is 12.4. The Labute approximate surface area is 129 Å². The van der Waals surface area contributed by atoms with Crippen LogP contribution in [0.5, 0.6) is 0 Å². The lowest BCUT2D eigenvalue weighted by Gasteiger charge is -2.20. The number of benzene rings is 1. The summed E-state index contributed by atoms with van der Waals surface area (Å²) in [4.78, 5) is 19.0. The van der Waals surface area contributed by atoms with Crippen LogP contribution in [-0.2, 0) is 0 Å². The Morgan fingerprint density at radius 3 is 2.82 bits per heavy atom. The topological polar surface area (TPSA) is 69.0 Å². The van der Waals surface area contributed by atoms with Gasteiger partial charge in [-0.05, 0) is 43.2 Å². The molecule has 0 bridgehead atoms. The molecule has 1 aliphatic rings. The smallest absolute Gasteiger partial charge is 0.255 e. The highest BCUT2D eigenvalue weighted by Gasteiger charge is 2.18. The monoisotopic (exact) mass is 292 g/mol. The van der Waals surface area contributed by atoms with Crippen molar-refractivity contribution in [1.82, 2.24) is 4.98 Å². The Morgan fingerprint density at radius 1 is 1.23 bits per heavy atom. The van der Waals surface area contributed by atoms with Crippen molar-refractivity contribution in [2.24, 2.45) is 0 Å². The molecule has 1 aromatic carbocycles. The van der Waals surface area contributed by atoms with Crippen molar-refractivity contribution in [2.45, 2.75) is 12.8 Å². The first-order chi connectivity index (χ1) is 10.8. The molecular weight excluding hydrogens is 276 g/mol. The van der Waals surface area contributed by atoms with Crippen LogP contribution in [0, 0.1) is 11.3 Å². The van der Waals surface area contributed by atoms with Gasteiger partial charge >= 0.3 is 0 Å². The molecule has 0 spiro atoms. The number of rotatable bonds is 3. The molecule has 2 heterocycles. The fraction of sp³-hybridized carbons (Fsp3) is 0.235. The van der Waals surface area contributed by atoms with Crippen molar-refractivity contribution in [3.05, 3.63) is 53.7 Å². The third kappa shape index (κ3) is 2.91. The molecule has 0 atom stereocenters. The summed E-state index contributed by atoms with van der Waals surface area (Å²) in [6.07, 6.45) is 4.03. The Balaban J connectivity index is 1.83. The van der Waals surface area contributed by atoms with Crippen molar-refractivity contribution in [1.29, 1.82) is 5.26 Å². The first-order valence-corrected chi connectivity index (χ1v) is 7.29. The molecule has 1 fully saturated rings. The molecule has 1 amide bonds. The van der Waals surface area contributed by atoms with Gasteiger partial charge in [0.1, 0.15) is 0 Å². The van der Waals surface area contributed by atoms with E-state index < -0.39 is 0 Å². The molecule has 3 rings (SSSR count). The first-order valence-electron chi connectivity index (χ1n) is 7.29. The summed E-state index contributed by atoms with van der Waals surface area (Å²) in [5, 5.41) is 11.8. The number of anilines is 2. The zero-order valence-corrected chi connectivity index (χ0v) is 12.1. The summed E-state index contributed by atoms with van der Waals surface area (Å²) in [7, 11) is 0. The first kappa shape index (κ1) is 14.1. The Morgan fingerprint density at radius 2 is 2.05 bits per heavy atom. The minimum Gasteiger partial charge on any atom is -0.355 e. The molecule has 1 aliphatic heterocycles. The van der Waals surface area contributed by atoms with Crippen molar-refractivity contribution >= 4 is 17.4 Å². The van der Waals surface area contributed by atoms with E-state index in [0.29, 0.717) is 16.8 Å². The van der Waals surface area contributed by atoms with Crippen LogP contribution in [0.4, 0.5) is 11.5 Å². The van der Waals surface area contributed by atoms with Gasteiger partial charge < -0.3 is 10.2 Å². The number of hydrogen-bond donors (Lipinski definition) is 1. The minimum atomic E-state index is -0.231. The Bertz CT molecular complexity index is 729. The van der Waals surface area contributed by atoms with E-state index in [0.717, 1.165) is 31.7 Å². The largest absolute Gasteiger partial charge is 0.355 e. The molecule has 110 valence electrons. The second-order valence-electron chi connectivity index (χ2n) is 5.22. The Hall–Kier alpha value is -2.87. The van der Waals surface area contributed by atoms with Gasteiger partial charge in [0.15, 0.2) is 5.82 Å².